The molecule has 1 aromatic carbocycles. The summed E-state index contributed by atoms with van der Waals surface area (Å²) in [5.74, 6) is -0.155. The second-order valence-electron chi connectivity index (χ2n) is 5.59. The van der Waals surface area contributed by atoms with E-state index in [2.05, 4.69) is 15.3 Å². The van der Waals surface area contributed by atoms with Gasteiger partial charge in [-0.05, 0) is 23.8 Å². The Labute approximate surface area is 141 Å². The smallest absolute Gasteiger partial charge is 0.416 e. The second-order valence-corrected chi connectivity index (χ2v) is 5.59. The summed E-state index contributed by atoms with van der Waals surface area (Å²) in [5, 5.41) is 3.22. The van der Waals surface area contributed by atoms with E-state index in [4.69, 9.17) is 4.74 Å². The van der Waals surface area contributed by atoms with Gasteiger partial charge < -0.3 is 15.0 Å². The van der Waals surface area contributed by atoms with E-state index in [9.17, 15) is 17.6 Å². The maximum Gasteiger partial charge on any atom is 0.416 e. The predicted molar refractivity (Wildman–Crippen MR) is 82.8 cm³/mol. The van der Waals surface area contributed by atoms with Crippen molar-refractivity contribution >= 4 is 5.82 Å². The lowest BCUT2D eigenvalue weighted by molar-refractivity contribution is -0.137. The summed E-state index contributed by atoms with van der Waals surface area (Å²) in [6, 6.07) is 2.31. The Morgan fingerprint density at radius 3 is 2.60 bits per heavy atom. The molecule has 0 bridgehead atoms. The van der Waals surface area contributed by atoms with E-state index in [-0.39, 0.29) is 18.1 Å². The lowest BCUT2D eigenvalue weighted by Crippen LogP contribution is -2.43. The third-order valence-corrected chi connectivity index (χ3v) is 3.71. The number of rotatable bonds is 4. The minimum absolute atomic E-state index is 0.0710. The van der Waals surface area contributed by atoms with Crippen LogP contribution in [-0.4, -0.2) is 36.1 Å². The lowest BCUT2D eigenvalue weighted by atomic mass is 10.1. The Hall–Kier alpha value is -2.42. The van der Waals surface area contributed by atoms with Crippen LogP contribution in [0.3, 0.4) is 0 Å². The maximum atomic E-state index is 13.4. The molecule has 1 aliphatic heterocycles. The predicted octanol–water partition coefficient (Wildman–Crippen LogP) is 2.62. The topological polar surface area (TPSA) is 50.3 Å². The van der Waals surface area contributed by atoms with Crippen LogP contribution >= 0.6 is 0 Å². The molecule has 0 spiro atoms. The van der Waals surface area contributed by atoms with Crippen molar-refractivity contribution in [2.24, 2.45) is 0 Å². The van der Waals surface area contributed by atoms with Gasteiger partial charge in [-0.3, -0.25) is 4.98 Å². The summed E-state index contributed by atoms with van der Waals surface area (Å²) >= 11 is 0. The Kier molecular flexibility index (Phi) is 5.03. The third-order valence-electron chi connectivity index (χ3n) is 3.71. The molecule has 25 heavy (non-hydrogen) atoms. The number of nitrogens with one attached hydrogen (secondary N) is 1. The van der Waals surface area contributed by atoms with E-state index in [0.29, 0.717) is 11.9 Å². The summed E-state index contributed by atoms with van der Waals surface area (Å²) in [7, 11) is 0. The van der Waals surface area contributed by atoms with Crippen molar-refractivity contribution in [2.45, 2.75) is 12.8 Å². The molecule has 1 aromatic heterocycles. The van der Waals surface area contributed by atoms with Crippen LogP contribution in [0.5, 0.6) is 5.88 Å². The van der Waals surface area contributed by atoms with Gasteiger partial charge in [0.25, 0.3) is 0 Å². The van der Waals surface area contributed by atoms with Crippen molar-refractivity contribution in [3.63, 3.8) is 0 Å². The Morgan fingerprint density at radius 1 is 1.12 bits per heavy atom. The summed E-state index contributed by atoms with van der Waals surface area (Å²) in [4.78, 5) is 10.4. The highest BCUT2D eigenvalue weighted by Crippen LogP contribution is 2.30. The molecular formula is C16H16F4N4O. The highest BCUT2D eigenvalue weighted by atomic mass is 19.4. The highest BCUT2D eigenvalue weighted by molar-refractivity contribution is 5.38. The number of ether oxygens (including phenoxy) is 1. The second kappa shape index (κ2) is 7.22. The number of piperazine rings is 1. The fourth-order valence-corrected chi connectivity index (χ4v) is 2.51. The van der Waals surface area contributed by atoms with Crippen LogP contribution in [0.1, 0.15) is 11.1 Å². The van der Waals surface area contributed by atoms with Crippen LogP contribution in [0.25, 0.3) is 0 Å². The van der Waals surface area contributed by atoms with Crippen LogP contribution in [0.4, 0.5) is 23.4 Å². The van der Waals surface area contributed by atoms with Crippen molar-refractivity contribution in [1.29, 1.82) is 0 Å². The summed E-state index contributed by atoms with van der Waals surface area (Å²) < 4.78 is 57.0. The fourth-order valence-electron chi connectivity index (χ4n) is 2.51. The first kappa shape index (κ1) is 17.4. The first-order chi connectivity index (χ1) is 11.9. The largest absolute Gasteiger partial charge is 0.472 e. The minimum atomic E-state index is -4.61. The van der Waals surface area contributed by atoms with Gasteiger partial charge in [0.1, 0.15) is 12.4 Å². The number of halogens is 4. The molecule has 1 aliphatic rings. The zero-order valence-corrected chi connectivity index (χ0v) is 13.2. The molecule has 9 heteroatoms. The van der Waals surface area contributed by atoms with E-state index in [0.717, 1.165) is 38.3 Å². The molecule has 5 nitrogen and oxygen atoms in total. The number of aromatic nitrogens is 2. The van der Waals surface area contributed by atoms with E-state index in [1.54, 1.807) is 6.20 Å². The van der Waals surface area contributed by atoms with Gasteiger partial charge in [0.2, 0.25) is 5.88 Å². The average molecular weight is 356 g/mol. The van der Waals surface area contributed by atoms with Crippen molar-refractivity contribution < 1.29 is 22.3 Å². The number of alkyl halides is 3. The zero-order valence-electron chi connectivity index (χ0n) is 13.2. The normalized spacial score (nSPS) is 15.3. The SMILES string of the molecule is Fc1cc(COc2cncc(N3CCNCC3)n2)cc(C(F)(F)F)c1. The van der Waals surface area contributed by atoms with Gasteiger partial charge in [-0.15, -0.1) is 0 Å². The molecular weight excluding hydrogens is 340 g/mol. The number of hydrogen-bond acceptors (Lipinski definition) is 5. The van der Waals surface area contributed by atoms with E-state index >= 15 is 0 Å². The van der Waals surface area contributed by atoms with Crippen LogP contribution in [-0.2, 0) is 12.8 Å². The van der Waals surface area contributed by atoms with Crippen molar-refractivity contribution in [1.82, 2.24) is 15.3 Å². The van der Waals surface area contributed by atoms with Crippen LogP contribution in [0.15, 0.2) is 30.6 Å². The van der Waals surface area contributed by atoms with Crippen LogP contribution in [0.2, 0.25) is 0 Å². The minimum Gasteiger partial charge on any atom is -0.472 e. The molecule has 0 unspecified atom stereocenters. The first-order valence-corrected chi connectivity index (χ1v) is 7.69. The Morgan fingerprint density at radius 2 is 1.88 bits per heavy atom. The molecule has 1 fully saturated rings. The summed E-state index contributed by atoms with van der Waals surface area (Å²) in [5.41, 5.74) is -0.978. The molecule has 2 heterocycles. The maximum absolute atomic E-state index is 13.4. The Balaban J connectivity index is 1.70. The number of nitrogens with zero attached hydrogens (tertiary/aromatic N) is 3. The molecule has 0 saturated carbocycles. The summed E-state index contributed by atoms with van der Waals surface area (Å²) in [6.45, 7) is 2.97. The lowest BCUT2D eigenvalue weighted by Gasteiger charge is -2.28. The van der Waals surface area contributed by atoms with Gasteiger partial charge in [-0.2, -0.15) is 18.2 Å². The average Bonchev–Trinajstić information content (AvgIpc) is 2.60. The van der Waals surface area contributed by atoms with Gasteiger partial charge in [-0.25, -0.2) is 4.39 Å². The first-order valence-electron chi connectivity index (χ1n) is 7.69. The quantitative estimate of drug-likeness (QED) is 0.854. The fraction of sp³-hybridized carbons (Fsp3) is 0.375. The van der Waals surface area contributed by atoms with Crippen molar-refractivity contribution in [3.05, 3.63) is 47.5 Å². The van der Waals surface area contributed by atoms with Gasteiger partial charge in [-0.1, -0.05) is 0 Å². The molecule has 1 N–H and O–H groups in total. The molecule has 1 saturated heterocycles. The van der Waals surface area contributed by atoms with E-state index in [1.165, 1.54) is 6.20 Å². The molecule has 0 amide bonds. The molecule has 0 radical (unpaired) electrons. The van der Waals surface area contributed by atoms with Gasteiger partial charge >= 0.3 is 6.18 Å². The van der Waals surface area contributed by atoms with Crippen molar-refractivity contribution in [3.8, 4) is 5.88 Å². The zero-order chi connectivity index (χ0) is 17.9. The summed E-state index contributed by atoms with van der Waals surface area (Å²) in [6.07, 6.45) is -1.64. The monoisotopic (exact) mass is 356 g/mol. The third kappa shape index (κ3) is 4.56. The highest BCUT2D eigenvalue weighted by Gasteiger charge is 2.31. The molecule has 0 aliphatic carbocycles. The van der Waals surface area contributed by atoms with Gasteiger partial charge in [0, 0.05) is 26.2 Å². The number of anilines is 1. The van der Waals surface area contributed by atoms with E-state index < -0.39 is 17.6 Å². The Bertz CT molecular complexity index is 732. The molecule has 134 valence electrons. The standard InChI is InChI=1S/C16H16F4N4O/c17-13-6-11(5-12(7-13)16(18,19)20)10-25-15-9-22-8-14(23-15)24-3-1-21-2-4-24/h5-9,21H,1-4,10H2. The number of hydrogen-bond donors (Lipinski definition) is 1. The van der Waals surface area contributed by atoms with Crippen LogP contribution in [0, 0.1) is 5.82 Å². The van der Waals surface area contributed by atoms with Crippen LogP contribution < -0.4 is 15.0 Å². The molecule has 2 aromatic rings. The molecule has 3 rings (SSSR count). The van der Waals surface area contributed by atoms with E-state index in [1.807, 2.05) is 4.90 Å². The number of benzene rings is 1. The van der Waals surface area contributed by atoms with Gasteiger partial charge in [0.05, 0.1) is 18.0 Å². The van der Waals surface area contributed by atoms with Crippen molar-refractivity contribution in [2.75, 3.05) is 31.1 Å². The molecule has 0 atom stereocenters. The van der Waals surface area contributed by atoms with Gasteiger partial charge in [0.15, 0.2) is 5.82 Å².